The van der Waals surface area contributed by atoms with E-state index in [9.17, 15) is 8.42 Å². The van der Waals surface area contributed by atoms with Gasteiger partial charge in [0.2, 0.25) is 0 Å². The molecular weight excluding hydrogens is 341 g/mol. The number of rotatable bonds is 6. The van der Waals surface area contributed by atoms with Crippen LogP contribution in [-0.2, 0) is 9.84 Å². The molecule has 0 radical (unpaired) electrons. The molecule has 0 aliphatic rings. The lowest BCUT2D eigenvalue weighted by molar-refractivity contribution is 0.293. The summed E-state index contributed by atoms with van der Waals surface area (Å²) in [5, 5.41) is 11.4. The Labute approximate surface area is 109 Å². The molecule has 0 heterocycles. The van der Waals surface area contributed by atoms with E-state index in [2.05, 4.69) is 27.9 Å². The van der Waals surface area contributed by atoms with E-state index in [1.807, 2.05) is 0 Å². The summed E-state index contributed by atoms with van der Waals surface area (Å²) in [6.07, 6.45) is 0. The monoisotopic (exact) mass is 355 g/mol. The molecule has 0 saturated heterocycles. The molecule has 2 N–H and O–H groups in total. The minimum absolute atomic E-state index is 0.0174. The van der Waals surface area contributed by atoms with Crippen LogP contribution in [0.15, 0.2) is 29.2 Å². The maximum atomic E-state index is 11.8. The van der Waals surface area contributed by atoms with Crippen LogP contribution in [0, 0.1) is 3.57 Å². The molecule has 16 heavy (non-hydrogen) atoms. The van der Waals surface area contributed by atoms with Gasteiger partial charge in [-0.2, -0.15) is 0 Å². The number of halogens is 1. The van der Waals surface area contributed by atoms with Crippen LogP contribution in [0.4, 0.5) is 0 Å². The van der Waals surface area contributed by atoms with Crippen LogP contribution in [0.3, 0.4) is 0 Å². The van der Waals surface area contributed by atoms with Crippen molar-refractivity contribution in [2.45, 2.75) is 4.90 Å². The van der Waals surface area contributed by atoms with Gasteiger partial charge in [0.15, 0.2) is 9.84 Å². The Kier molecular flexibility index (Phi) is 5.67. The van der Waals surface area contributed by atoms with Crippen LogP contribution in [0.5, 0.6) is 0 Å². The van der Waals surface area contributed by atoms with Gasteiger partial charge >= 0.3 is 0 Å². The molecule has 0 aromatic heterocycles. The molecule has 90 valence electrons. The van der Waals surface area contributed by atoms with E-state index in [1.165, 1.54) is 0 Å². The van der Waals surface area contributed by atoms with E-state index in [-0.39, 0.29) is 12.4 Å². The Bertz CT molecular complexity index is 416. The molecule has 0 saturated carbocycles. The van der Waals surface area contributed by atoms with E-state index < -0.39 is 9.84 Å². The molecule has 1 aromatic rings. The number of nitrogens with one attached hydrogen (secondary N) is 1. The van der Waals surface area contributed by atoms with Crippen LogP contribution in [0.25, 0.3) is 0 Å². The van der Waals surface area contributed by atoms with Crippen molar-refractivity contribution in [3.05, 3.63) is 27.8 Å². The number of hydrogen-bond acceptors (Lipinski definition) is 4. The van der Waals surface area contributed by atoms with Crippen LogP contribution in [0.1, 0.15) is 0 Å². The molecule has 1 aromatic carbocycles. The Morgan fingerprint density at radius 2 is 1.81 bits per heavy atom. The maximum Gasteiger partial charge on any atom is 0.179 e. The van der Waals surface area contributed by atoms with Gasteiger partial charge in [0.1, 0.15) is 0 Å². The smallest absolute Gasteiger partial charge is 0.179 e. The fraction of sp³-hybridized carbons (Fsp3) is 0.400. The molecule has 0 unspecified atom stereocenters. The second-order valence-electron chi connectivity index (χ2n) is 3.25. The molecule has 0 atom stereocenters. The Morgan fingerprint density at radius 3 is 2.38 bits per heavy atom. The molecule has 6 heteroatoms. The van der Waals surface area contributed by atoms with Gasteiger partial charge in [-0.15, -0.1) is 0 Å². The molecule has 1 rings (SSSR count). The lowest BCUT2D eigenvalue weighted by Crippen LogP contribution is -2.25. The molecule has 4 nitrogen and oxygen atoms in total. The average molecular weight is 355 g/mol. The number of benzene rings is 1. The highest BCUT2D eigenvalue weighted by Gasteiger charge is 2.13. The minimum atomic E-state index is -3.20. The largest absolute Gasteiger partial charge is 0.395 e. The summed E-state index contributed by atoms with van der Waals surface area (Å²) in [5.41, 5.74) is 0. The lowest BCUT2D eigenvalue weighted by Gasteiger charge is -2.05. The van der Waals surface area contributed by atoms with E-state index in [0.717, 1.165) is 3.57 Å². The molecule has 0 aliphatic heterocycles. The van der Waals surface area contributed by atoms with Crippen molar-refractivity contribution in [2.75, 3.05) is 25.4 Å². The van der Waals surface area contributed by atoms with E-state index >= 15 is 0 Å². The van der Waals surface area contributed by atoms with Crippen LogP contribution < -0.4 is 5.32 Å². The van der Waals surface area contributed by atoms with E-state index in [0.29, 0.717) is 18.0 Å². The van der Waals surface area contributed by atoms with Crippen molar-refractivity contribution in [1.29, 1.82) is 0 Å². The van der Waals surface area contributed by atoms with Gasteiger partial charge in [0, 0.05) is 16.7 Å². The van der Waals surface area contributed by atoms with Gasteiger partial charge in [0.25, 0.3) is 0 Å². The van der Waals surface area contributed by atoms with Crippen molar-refractivity contribution in [1.82, 2.24) is 5.32 Å². The van der Waals surface area contributed by atoms with Crippen LogP contribution in [0.2, 0.25) is 0 Å². The fourth-order valence-corrected chi connectivity index (χ4v) is 2.73. The average Bonchev–Trinajstić information content (AvgIpc) is 2.25. The van der Waals surface area contributed by atoms with Gasteiger partial charge in [-0.3, -0.25) is 0 Å². The summed E-state index contributed by atoms with van der Waals surface area (Å²) in [4.78, 5) is 0.346. The third-order valence-electron chi connectivity index (χ3n) is 2.01. The summed E-state index contributed by atoms with van der Waals surface area (Å²) in [6.45, 7) is 0.792. The minimum Gasteiger partial charge on any atom is -0.395 e. The highest BCUT2D eigenvalue weighted by molar-refractivity contribution is 14.1. The molecule has 0 amide bonds. The summed E-state index contributed by atoms with van der Waals surface area (Å²) >= 11 is 2.13. The summed E-state index contributed by atoms with van der Waals surface area (Å²) in [6, 6.07) is 6.77. The number of aliphatic hydroxyl groups excluding tert-OH is 1. The maximum absolute atomic E-state index is 11.8. The zero-order chi connectivity index (χ0) is 12.0. The first-order chi connectivity index (χ1) is 7.56. The molecule has 0 fully saturated rings. The first-order valence-corrected chi connectivity index (χ1v) is 7.59. The van der Waals surface area contributed by atoms with Gasteiger partial charge in [-0.25, -0.2) is 8.42 Å². The second kappa shape index (κ2) is 6.53. The highest BCUT2D eigenvalue weighted by Crippen LogP contribution is 2.13. The molecular formula is C10H14INO3S. The van der Waals surface area contributed by atoms with Gasteiger partial charge < -0.3 is 10.4 Å². The standard InChI is InChI=1S/C10H14INO3S/c11-9-1-3-10(4-2-9)16(14,15)8-6-12-5-7-13/h1-4,12-13H,5-8H2. The summed E-state index contributed by atoms with van der Waals surface area (Å²) in [7, 11) is -3.20. The SMILES string of the molecule is O=S(=O)(CCNCCO)c1ccc(I)cc1. The zero-order valence-corrected chi connectivity index (χ0v) is 11.7. The molecule has 0 aliphatic carbocycles. The summed E-state index contributed by atoms with van der Waals surface area (Å²) < 4.78 is 24.6. The van der Waals surface area contributed by atoms with Crippen LogP contribution >= 0.6 is 22.6 Å². The first kappa shape index (κ1) is 13.9. The fourth-order valence-electron chi connectivity index (χ4n) is 1.17. The summed E-state index contributed by atoms with van der Waals surface area (Å²) in [5.74, 6) is 0.0492. The van der Waals surface area contributed by atoms with Crippen molar-refractivity contribution in [3.63, 3.8) is 0 Å². The zero-order valence-electron chi connectivity index (χ0n) is 8.69. The quantitative estimate of drug-likeness (QED) is 0.581. The Hall–Kier alpha value is -0.180. The lowest BCUT2D eigenvalue weighted by atomic mass is 10.4. The molecule has 0 spiro atoms. The first-order valence-electron chi connectivity index (χ1n) is 4.86. The number of hydrogen-bond donors (Lipinski definition) is 2. The van der Waals surface area contributed by atoms with Crippen molar-refractivity contribution < 1.29 is 13.5 Å². The normalized spacial score (nSPS) is 11.6. The second-order valence-corrected chi connectivity index (χ2v) is 6.60. The Balaban J connectivity index is 2.60. The third kappa shape index (κ3) is 4.36. The predicted molar refractivity (Wildman–Crippen MR) is 71.2 cm³/mol. The third-order valence-corrected chi connectivity index (χ3v) is 4.46. The van der Waals surface area contributed by atoms with Gasteiger partial charge in [0.05, 0.1) is 17.3 Å². The molecule has 0 bridgehead atoms. The topological polar surface area (TPSA) is 66.4 Å². The van der Waals surface area contributed by atoms with Crippen LogP contribution in [-0.4, -0.2) is 39.0 Å². The number of aliphatic hydroxyl groups is 1. The Morgan fingerprint density at radius 1 is 1.19 bits per heavy atom. The van der Waals surface area contributed by atoms with Gasteiger partial charge in [-0.1, -0.05) is 0 Å². The predicted octanol–water partition coefficient (Wildman–Crippen LogP) is 0.647. The van der Waals surface area contributed by atoms with Crippen molar-refractivity contribution in [2.24, 2.45) is 0 Å². The van der Waals surface area contributed by atoms with Crippen molar-refractivity contribution >= 4 is 32.4 Å². The highest BCUT2D eigenvalue weighted by atomic mass is 127. The number of sulfone groups is 1. The van der Waals surface area contributed by atoms with Crippen molar-refractivity contribution in [3.8, 4) is 0 Å². The van der Waals surface area contributed by atoms with Gasteiger partial charge in [-0.05, 0) is 46.9 Å². The van der Waals surface area contributed by atoms with E-state index in [4.69, 9.17) is 5.11 Å². The van der Waals surface area contributed by atoms with E-state index in [1.54, 1.807) is 24.3 Å².